The summed E-state index contributed by atoms with van der Waals surface area (Å²) in [5.74, 6) is -0.813. The van der Waals surface area contributed by atoms with Crippen molar-refractivity contribution in [2.24, 2.45) is 5.10 Å². The summed E-state index contributed by atoms with van der Waals surface area (Å²) in [6.45, 7) is 0.261. The predicted molar refractivity (Wildman–Crippen MR) is 111 cm³/mol. The molecule has 0 radical (unpaired) electrons. The van der Waals surface area contributed by atoms with Gasteiger partial charge in [-0.3, -0.25) is 4.79 Å². The maximum Gasteiger partial charge on any atom is 0.335 e. The maximum absolute atomic E-state index is 12.1. The number of carboxylic acids is 1. The molecule has 0 heterocycles. The molecule has 0 atom stereocenters. The Bertz CT molecular complexity index is 1050. The normalized spacial score (nSPS) is 10.7. The summed E-state index contributed by atoms with van der Waals surface area (Å²) in [4.78, 5) is 23.1. The van der Waals surface area contributed by atoms with Crippen molar-refractivity contribution in [2.75, 3.05) is 0 Å². The maximum atomic E-state index is 12.1. The molecule has 0 aliphatic carbocycles. The Hall–Kier alpha value is -3.64. The minimum Gasteiger partial charge on any atom is -0.488 e. The summed E-state index contributed by atoms with van der Waals surface area (Å²) in [7, 11) is 0. The number of para-hydroxylation sites is 1. The zero-order valence-corrected chi connectivity index (χ0v) is 16.0. The molecule has 0 saturated carbocycles. The van der Waals surface area contributed by atoms with Crippen molar-refractivity contribution >= 4 is 29.7 Å². The number of benzene rings is 3. The Labute approximate surface area is 172 Å². The van der Waals surface area contributed by atoms with Crippen LogP contribution in [0.3, 0.4) is 0 Å². The highest BCUT2D eigenvalue weighted by molar-refractivity contribution is 6.33. The molecule has 7 heteroatoms. The summed E-state index contributed by atoms with van der Waals surface area (Å²) >= 11 is 6.00. The highest BCUT2D eigenvalue weighted by Crippen LogP contribution is 2.18. The van der Waals surface area contributed by atoms with Gasteiger partial charge in [-0.15, -0.1) is 0 Å². The van der Waals surface area contributed by atoms with Gasteiger partial charge >= 0.3 is 5.97 Å². The highest BCUT2D eigenvalue weighted by Gasteiger charge is 2.08. The van der Waals surface area contributed by atoms with Gasteiger partial charge in [-0.1, -0.05) is 48.0 Å². The molecule has 1 amide bonds. The second kappa shape index (κ2) is 9.52. The van der Waals surface area contributed by atoms with Crippen LogP contribution in [0.4, 0.5) is 0 Å². The first-order chi connectivity index (χ1) is 14.0. The highest BCUT2D eigenvalue weighted by atomic mass is 35.5. The molecule has 0 spiro atoms. The largest absolute Gasteiger partial charge is 0.488 e. The van der Waals surface area contributed by atoms with Crippen LogP contribution < -0.4 is 10.2 Å². The lowest BCUT2D eigenvalue weighted by atomic mass is 10.1. The molecule has 6 nitrogen and oxygen atoms in total. The van der Waals surface area contributed by atoms with Gasteiger partial charge in [-0.2, -0.15) is 5.10 Å². The average molecular weight is 409 g/mol. The molecule has 3 aromatic rings. The Morgan fingerprint density at radius 1 is 1.00 bits per heavy atom. The fourth-order valence-electron chi connectivity index (χ4n) is 2.49. The Balaban J connectivity index is 1.64. The predicted octanol–water partition coefficient (Wildman–Crippen LogP) is 4.38. The minimum absolute atomic E-state index is 0.218. The number of hydrogen-bond acceptors (Lipinski definition) is 4. The van der Waals surface area contributed by atoms with Crippen molar-refractivity contribution in [3.8, 4) is 5.75 Å². The minimum atomic E-state index is -0.974. The first-order valence-corrected chi connectivity index (χ1v) is 9.04. The van der Waals surface area contributed by atoms with E-state index in [1.807, 2.05) is 12.1 Å². The van der Waals surface area contributed by atoms with Crippen LogP contribution in [0.5, 0.6) is 5.75 Å². The molecular formula is C22H17ClN2O4. The number of rotatable bonds is 7. The van der Waals surface area contributed by atoms with E-state index in [1.165, 1.54) is 18.3 Å². The summed E-state index contributed by atoms with van der Waals surface area (Å²) in [6, 6.07) is 20.4. The molecule has 2 N–H and O–H groups in total. The van der Waals surface area contributed by atoms with Gasteiger partial charge in [0.1, 0.15) is 12.4 Å². The van der Waals surface area contributed by atoms with Gasteiger partial charge in [0.25, 0.3) is 5.91 Å². The van der Waals surface area contributed by atoms with Crippen molar-refractivity contribution in [3.05, 3.63) is 100 Å². The number of carboxylic acid groups (broad SMARTS) is 1. The Kier molecular flexibility index (Phi) is 6.60. The molecule has 146 valence electrons. The van der Waals surface area contributed by atoms with E-state index in [2.05, 4.69) is 10.5 Å². The Morgan fingerprint density at radius 2 is 1.69 bits per heavy atom. The lowest BCUT2D eigenvalue weighted by Crippen LogP contribution is -2.18. The van der Waals surface area contributed by atoms with Gasteiger partial charge < -0.3 is 9.84 Å². The van der Waals surface area contributed by atoms with Crippen LogP contribution >= 0.6 is 11.6 Å². The number of hydrazone groups is 1. The molecule has 0 aromatic heterocycles. The van der Waals surface area contributed by atoms with Gasteiger partial charge in [0.2, 0.25) is 0 Å². The molecule has 0 fully saturated rings. The molecule has 0 unspecified atom stereocenters. The average Bonchev–Trinajstić information content (AvgIpc) is 2.73. The van der Waals surface area contributed by atoms with Crippen molar-refractivity contribution in [1.29, 1.82) is 0 Å². The van der Waals surface area contributed by atoms with Gasteiger partial charge in [-0.25, -0.2) is 10.2 Å². The first kappa shape index (κ1) is 20.1. The molecule has 0 bridgehead atoms. The van der Waals surface area contributed by atoms with E-state index in [9.17, 15) is 9.59 Å². The fraction of sp³-hybridized carbons (Fsp3) is 0.0455. The van der Waals surface area contributed by atoms with Crippen LogP contribution in [0, 0.1) is 0 Å². The van der Waals surface area contributed by atoms with Crippen LogP contribution in [0.1, 0.15) is 31.8 Å². The topological polar surface area (TPSA) is 88.0 Å². The van der Waals surface area contributed by atoms with E-state index in [-0.39, 0.29) is 12.2 Å². The van der Waals surface area contributed by atoms with Crippen molar-refractivity contribution in [1.82, 2.24) is 5.43 Å². The number of carbonyl (C=O) groups excluding carboxylic acids is 1. The molecule has 0 aliphatic rings. The van der Waals surface area contributed by atoms with E-state index in [0.29, 0.717) is 21.9 Å². The van der Waals surface area contributed by atoms with E-state index in [0.717, 1.165) is 5.56 Å². The van der Waals surface area contributed by atoms with Gasteiger partial charge in [-0.05, 0) is 42.0 Å². The monoisotopic (exact) mass is 408 g/mol. The van der Waals surface area contributed by atoms with Crippen LogP contribution in [0.2, 0.25) is 5.02 Å². The third-order valence-electron chi connectivity index (χ3n) is 4.00. The first-order valence-electron chi connectivity index (χ1n) is 8.66. The summed E-state index contributed by atoms with van der Waals surface area (Å²) < 4.78 is 5.81. The van der Waals surface area contributed by atoms with E-state index in [4.69, 9.17) is 21.4 Å². The molecule has 3 aromatic carbocycles. The zero-order chi connectivity index (χ0) is 20.6. The lowest BCUT2D eigenvalue weighted by molar-refractivity contribution is 0.0696. The third-order valence-corrected chi connectivity index (χ3v) is 4.33. The SMILES string of the molecule is O=C(O)c1ccc(COc2ccccc2/C=N\NC(=O)c2ccccc2Cl)cc1. The number of hydrogen-bond donors (Lipinski definition) is 2. The van der Waals surface area contributed by atoms with Crippen LogP contribution in [0.15, 0.2) is 77.9 Å². The third kappa shape index (κ3) is 5.43. The second-order valence-corrected chi connectivity index (χ2v) is 6.41. The smallest absolute Gasteiger partial charge is 0.335 e. The van der Waals surface area contributed by atoms with Crippen molar-refractivity contribution in [2.45, 2.75) is 6.61 Å². The Morgan fingerprint density at radius 3 is 2.41 bits per heavy atom. The number of carbonyl (C=O) groups is 2. The van der Waals surface area contributed by atoms with Crippen molar-refractivity contribution < 1.29 is 19.4 Å². The number of aromatic carboxylic acids is 1. The zero-order valence-electron chi connectivity index (χ0n) is 15.2. The van der Waals surface area contributed by atoms with Crippen LogP contribution in [0.25, 0.3) is 0 Å². The number of nitrogens with zero attached hydrogens (tertiary/aromatic N) is 1. The van der Waals surface area contributed by atoms with E-state index >= 15 is 0 Å². The summed E-state index contributed by atoms with van der Waals surface area (Å²) in [5, 5.41) is 13.3. The van der Waals surface area contributed by atoms with Gasteiger partial charge in [0.05, 0.1) is 22.4 Å². The number of ether oxygens (including phenoxy) is 1. The second-order valence-electron chi connectivity index (χ2n) is 6.01. The molecular weight excluding hydrogens is 392 g/mol. The molecule has 29 heavy (non-hydrogen) atoms. The summed E-state index contributed by atoms with van der Waals surface area (Å²) in [6.07, 6.45) is 1.48. The molecule has 3 rings (SSSR count). The molecule has 0 saturated heterocycles. The van der Waals surface area contributed by atoms with E-state index in [1.54, 1.807) is 48.5 Å². The number of nitrogens with one attached hydrogen (secondary N) is 1. The fourth-order valence-corrected chi connectivity index (χ4v) is 2.71. The number of amides is 1. The standard InChI is InChI=1S/C22H17ClN2O4/c23-19-7-3-2-6-18(19)21(26)25-24-13-17-5-1-4-8-20(17)29-14-15-9-11-16(12-10-15)22(27)28/h1-13H,14H2,(H,25,26)(H,27,28)/b24-13-. The van der Waals surface area contributed by atoms with Crippen LogP contribution in [-0.2, 0) is 6.61 Å². The lowest BCUT2D eigenvalue weighted by Gasteiger charge is -2.09. The number of halogens is 1. The van der Waals surface area contributed by atoms with Crippen LogP contribution in [-0.4, -0.2) is 23.2 Å². The molecule has 0 aliphatic heterocycles. The van der Waals surface area contributed by atoms with E-state index < -0.39 is 11.9 Å². The van der Waals surface area contributed by atoms with Gasteiger partial charge in [0.15, 0.2) is 0 Å². The van der Waals surface area contributed by atoms with Gasteiger partial charge in [0, 0.05) is 5.56 Å². The quantitative estimate of drug-likeness (QED) is 0.448. The summed E-state index contributed by atoms with van der Waals surface area (Å²) in [5.41, 5.74) is 4.50. The van der Waals surface area contributed by atoms with Crippen molar-refractivity contribution in [3.63, 3.8) is 0 Å².